The summed E-state index contributed by atoms with van der Waals surface area (Å²) in [4.78, 5) is 23.2. The molecule has 0 spiro atoms. The number of nitrogens with two attached hydrogens (primary N) is 1. The SMILES string of the molecule is CC[C@@H](c1cccc(Cn2cc(-c3cc(N)nc(-c4cccc(C)c4)c3)nn2)n1)N1CCC(C(=O)O)CC1. The van der Waals surface area contributed by atoms with Crippen molar-refractivity contribution < 1.29 is 9.90 Å². The van der Waals surface area contributed by atoms with Crippen molar-refractivity contribution in [2.24, 2.45) is 5.92 Å². The molecule has 1 fully saturated rings. The number of carbonyl (C=O) groups is 1. The summed E-state index contributed by atoms with van der Waals surface area (Å²) in [6, 6.07) is 18.2. The van der Waals surface area contributed by atoms with Crippen molar-refractivity contribution >= 4 is 11.8 Å². The van der Waals surface area contributed by atoms with Gasteiger partial charge in [0.15, 0.2) is 0 Å². The van der Waals surface area contributed by atoms with Crippen molar-refractivity contribution in [1.82, 2.24) is 29.9 Å². The molecule has 1 aliphatic heterocycles. The van der Waals surface area contributed by atoms with Crippen molar-refractivity contribution in [3.63, 3.8) is 0 Å². The number of nitrogens with zero attached hydrogens (tertiary/aromatic N) is 6. The number of aromatic nitrogens is 5. The Hall–Kier alpha value is -4.11. The van der Waals surface area contributed by atoms with Gasteiger partial charge in [-0.15, -0.1) is 5.10 Å². The van der Waals surface area contributed by atoms with Crippen LogP contribution in [-0.4, -0.2) is 54.0 Å². The molecule has 9 nitrogen and oxygen atoms in total. The highest BCUT2D eigenvalue weighted by Crippen LogP contribution is 2.29. The van der Waals surface area contributed by atoms with Crippen LogP contribution >= 0.6 is 0 Å². The Kier molecular flexibility index (Phi) is 7.46. The number of piperidine rings is 1. The van der Waals surface area contributed by atoms with Crippen LogP contribution in [0.1, 0.15) is 49.2 Å². The summed E-state index contributed by atoms with van der Waals surface area (Å²) in [5.41, 5.74) is 12.6. The number of hydrogen-bond donors (Lipinski definition) is 2. The van der Waals surface area contributed by atoms with E-state index in [9.17, 15) is 9.90 Å². The molecule has 1 atom stereocenters. The van der Waals surface area contributed by atoms with Crippen LogP contribution < -0.4 is 5.73 Å². The highest BCUT2D eigenvalue weighted by molar-refractivity contribution is 5.71. The average molecular weight is 512 g/mol. The zero-order chi connectivity index (χ0) is 26.6. The third-order valence-corrected chi connectivity index (χ3v) is 7.19. The summed E-state index contributed by atoms with van der Waals surface area (Å²) in [6.07, 6.45) is 4.17. The second kappa shape index (κ2) is 11.1. The fourth-order valence-electron chi connectivity index (χ4n) is 5.21. The minimum absolute atomic E-state index is 0.163. The number of aliphatic carboxylic acids is 1. The Morgan fingerprint density at radius 2 is 1.84 bits per heavy atom. The molecule has 0 unspecified atom stereocenters. The first-order valence-corrected chi connectivity index (χ1v) is 13.1. The van der Waals surface area contributed by atoms with Crippen molar-refractivity contribution in [2.45, 2.75) is 45.7 Å². The smallest absolute Gasteiger partial charge is 0.306 e. The van der Waals surface area contributed by atoms with Crippen molar-refractivity contribution in [2.75, 3.05) is 18.8 Å². The predicted molar refractivity (Wildman–Crippen MR) is 146 cm³/mol. The van der Waals surface area contributed by atoms with Crippen LogP contribution in [0.5, 0.6) is 0 Å². The lowest BCUT2D eigenvalue weighted by Crippen LogP contribution is -2.39. The number of anilines is 1. The molecule has 0 radical (unpaired) electrons. The lowest BCUT2D eigenvalue weighted by molar-refractivity contribution is -0.143. The minimum Gasteiger partial charge on any atom is -0.481 e. The fraction of sp³-hybridized carbons (Fsp3) is 0.345. The lowest BCUT2D eigenvalue weighted by Gasteiger charge is -2.36. The van der Waals surface area contributed by atoms with E-state index in [2.05, 4.69) is 52.2 Å². The molecule has 5 rings (SSSR count). The Balaban J connectivity index is 1.32. The van der Waals surface area contributed by atoms with E-state index in [0.29, 0.717) is 25.2 Å². The molecular formula is C29H33N7O2. The number of nitrogen functional groups attached to an aromatic ring is 1. The molecular weight excluding hydrogens is 478 g/mol. The summed E-state index contributed by atoms with van der Waals surface area (Å²) in [5, 5.41) is 18.1. The van der Waals surface area contributed by atoms with Crippen LogP contribution in [0.3, 0.4) is 0 Å². The fourth-order valence-corrected chi connectivity index (χ4v) is 5.21. The van der Waals surface area contributed by atoms with Gasteiger partial charge in [-0.2, -0.15) is 0 Å². The third kappa shape index (κ3) is 5.73. The highest BCUT2D eigenvalue weighted by atomic mass is 16.4. The Morgan fingerprint density at radius 1 is 1.05 bits per heavy atom. The van der Waals surface area contributed by atoms with E-state index in [1.165, 1.54) is 0 Å². The number of carboxylic acids is 1. The molecule has 0 bridgehead atoms. The molecule has 1 aliphatic rings. The van der Waals surface area contributed by atoms with Crippen LogP contribution in [-0.2, 0) is 11.3 Å². The van der Waals surface area contributed by atoms with E-state index in [0.717, 1.165) is 59.0 Å². The van der Waals surface area contributed by atoms with Crippen molar-refractivity contribution in [3.05, 3.63) is 77.7 Å². The second-order valence-corrected chi connectivity index (χ2v) is 9.96. The van der Waals surface area contributed by atoms with E-state index in [4.69, 9.17) is 10.7 Å². The summed E-state index contributed by atoms with van der Waals surface area (Å²) >= 11 is 0. The first-order chi connectivity index (χ1) is 18.4. The number of likely N-dealkylation sites (tertiary alicyclic amines) is 1. The molecule has 0 amide bonds. The maximum atomic E-state index is 11.3. The molecule has 0 aliphatic carbocycles. The molecule has 4 aromatic rings. The third-order valence-electron chi connectivity index (χ3n) is 7.19. The zero-order valence-electron chi connectivity index (χ0n) is 21.8. The van der Waals surface area contributed by atoms with Gasteiger partial charge in [0, 0.05) is 11.1 Å². The van der Waals surface area contributed by atoms with E-state index in [-0.39, 0.29) is 12.0 Å². The molecule has 4 heterocycles. The largest absolute Gasteiger partial charge is 0.481 e. The van der Waals surface area contributed by atoms with Gasteiger partial charge in [0.05, 0.1) is 41.8 Å². The first kappa shape index (κ1) is 25.5. The summed E-state index contributed by atoms with van der Waals surface area (Å²) < 4.78 is 1.78. The summed E-state index contributed by atoms with van der Waals surface area (Å²) in [6.45, 7) is 6.23. The maximum absolute atomic E-state index is 11.3. The topological polar surface area (TPSA) is 123 Å². The van der Waals surface area contributed by atoms with Gasteiger partial charge < -0.3 is 10.8 Å². The quantitative estimate of drug-likeness (QED) is 0.352. The maximum Gasteiger partial charge on any atom is 0.306 e. The highest BCUT2D eigenvalue weighted by Gasteiger charge is 2.29. The average Bonchev–Trinajstić information content (AvgIpc) is 3.38. The Labute approximate surface area is 222 Å². The van der Waals surface area contributed by atoms with Gasteiger partial charge in [-0.3, -0.25) is 14.7 Å². The summed E-state index contributed by atoms with van der Waals surface area (Å²) in [5.74, 6) is -0.500. The van der Waals surface area contributed by atoms with E-state index >= 15 is 0 Å². The van der Waals surface area contributed by atoms with Gasteiger partial charge in [-0.25, -0.2) is 9.67 Å². The van der Waals surface area contributed by atoms with Gasteiger partial charge in [0.2, 0.25) is 0 Å². The Bertz CT molecular complexity index is 1430. The molecule has 196 valence electrons. The summed E-state index contributed by atoms with van der Waals surface area (Å²) in [7, 11) is 0. The zero-order valence-corrected chi connectivity index (χ0v) is 21.8. The number of rotatable bonds is 8. The molecule has 38 heavy (non-hydrogen) atoms. The van der Waals surface area contributed by atoms with Crippen molar-refractivity contribution in [3.8, 4) is 22.5 Å². The van der Waals surface area contributed by atoms with Gasteiger partial charge in [-0.1, -0.05) is 42.0 Å². The molecule has 3 N–H and O–H groups in total. The standard InChI is InChI=1S/C29H33N7O2/c1-3-27(35-12-10-20(11-13-35)29(37)38)24-9-5-8-23(31-24)17-36-18-26(33-34-36)22-15-25(32-28(30)16-22)21-7-4-6-19(2)14-21/h4-9,14-16,18,20,27H,3,10-13,17H2,1-2H3,(H2,30,32)(H,37,38)/t27-/m0/s1. The molecule has 1 saturated heterocycles. The van der Waals surface area contributed by atoms with Crippen LogP contribution in [0, 0.1) is 12.8 Å². The molecule has 9 heteroatoms. The molecule has 3 aromatic heterocycles. The number of aryl methyl sites for hydroxylation is 1. The van der Waals surface area contributed by atoms with Gasteiger partial charge in [-0.05, 0) is 69.6 Å². The van der Waals surface area contributed by atoms with E-state index in [1.807, 2.05) is 42.6 Å². The number of hydrogen-bond acceptors (Lipinski definition) is 7. The number of carboxylic acid groups (broad SMARTS) is 1. The van der Waals surface area contributed by atoms with Crippen LogP contribution in [0.4, 0.5) is 5.82 Å². The van der Waals surface area contributed by atoms with E-state index < -0.39 is 5.97 Å². The molecule has 0 saturated carbocycles. The van der Waals surface area contributed by atoms with Gasteiger partial charge in [0.25, 0.3) is 0 Å². The predicted octanol–water partition coefficient (Wildman–Crippen LogP) is 4.59. The minimum atomic E-state index is -0.689. The second-order valence-electron chi connectivity index (χ2n) is 9.96. The van der Waals surface area contributed by atoms with Crippen LogP contribution in [0.2, 0.25) is 0 Å². The normalized spacial score (nSPS) is 15.4. The van der Waals surface area contributed by atoms with Gasteiger partial charge in [0.1, 0.15) is 11.5 Å². The van der Waals surface area contributed by atoms with Crippen LogP contribution in [0.15, 0.2) is 60.8 Å². The van der Waals surface area contributed by atoms with Crippen molar-refractivity contribution in [1.29, 1.82) is 0 Å². The van der Waals surface area contributed by atoms with E-state index in [1.54, 1.807) is 4.68 Å². The number of benzene rings is 1. The lowest BCUT2D eigenvalue weighted by atomic mass is 9.94. The Morgan fingerprint density at radius 3 is 2.58 bits per heavy atom. The number of pyridine rings is 2. The first-order valence-electron chi connectivity index (χ1n) is 13.1. The van der Waals surface area contributed by atoms with Crippen LogP contribution in [0.25, 0.3) is 22.5 Å². The molecule has 1 aromatic carbocycles. The monoisotopic (exact) mass is 511 g/mol. The van der Waals surface area contributed by atoms with Gasteiger partial charge >= 0.3 is 5.97 Å².